The lowest BCUT2D eigenvalue weighted by Crippen LogP contribution is -1.98. The number of nitrogens with zero attached hydrogens (tertiary/aromatic N) is 1. The zero-order valence-corrected chi connectivity index (χ0v) is 14.3. The third-order valence-corrected chi connectivity index (χ3v) is 4.63. The van der Waals surface area contributed by atoms with Crippen LogP contribution in [0.15, 0.2) is 42.0 Å². The number of nitriles is 1. The third-order valence-electron chi connectivity index (χ3n) is 3.98. The Morgan fingerprint density at radius 3 is 2.74 bits per heavy atom. The predicted octanol–water partition coefficient (Wildman–Crippen LogP) is 5.35. The second kappa shape index (κ2) is 6.55. The summed E-state index contributed by atoms with van der Waals surface area (Å²) in [5.41, 5.74) is 5.43. The van der Waals surface area contributed by atoms with Gasteiger partial charge in [0.1, 0.15) is 18.2 Å². The van der Waals surface area contributed by atoms with E-state index in [1.54, 1.807) is 6.07 Å². The lowest BCUT2D eigenvalue weighted by Gasteiger charge is -2.13. The van der Waals surface area contributed by atoms with E-state index in [4.69, 9.17) is 4.74 Å². The second-order valence-corrected chi connectivity index (χ2v) is 5.93. The molecule has 0 saturated heterocycles. The normalized spacial score (nSPS) is 14.9. The van der Waals surface area contributed by atoms with Crippen LogP contribution in [0, 0.1) is 17.1 Å². The molecule has 1 heterocycles. The number of hydrogen-bond donors (Lipinski definition) is 0. The van der Waals surface area contributed by atoms with Gasteiger partial charge in [-0.1, -0.05) is 41.1 Å². The van der Waals surface area contributed by atoms with E-state index >= 15 is 0 Å². The average Bonchev–Trinajstić information content (AvgIpc) is 2.73. The molecule has 0 unspecified atom stereocenters. The van der Waals surface area contributed by atoms with E-state index < -0.39 is 0 Å². The van der Waals surface area contributed by atoms with Crippen LogP contribution in [0.25, 0.3) is 5.57 Å². The molecule has 116 valence electrons. The highest BCUT2D eigenvalue weighted by Crippen LogP contribution is 2.39. The van der Waals surface area contributed by atoms with Gasteiger partial charge in [-0.2, -0.15) is 5.26 Å². The molecule has 2 nitrogen and oxygen atoms in total. The topological polar surface area (TPSA) is 33.0 Å². The van der Waals surface area contributed by atoms with Crippen molar-refractivity contribution >= 4 is 21.5 Å². The van der Waals surface area contributed by atoms with Crippen molar-refractivity contribution in [2.24, 2.45) is 0 Å². The van der Waals surface area contributed by atoms with E-state index in [-0.39, 0.29) is 5.82 Å². The zero-order valence-electron chi connectivity index (χ0n) is 12.7. The first kappa shape index (κ1) is 15.8. The van der Waals surface area contributed by atoms with Crippen molar-refractivity contribution in [1.29, 1.82) is 5.26 Å². The maximum atomic E-state index is 13.6. The van der Waals surface area contributed by atoms with Crippen LogP contribution in [0.2, 0.25) is 0 Å². The van der Waals surface area contributed by atoms with Gasteiger partial charge in [0.25, 0.3) is 0 Å². The van der Waals surface area contributed by atoms with Gasteiger partial charge in [0.15, 0.2) is 0 Å². The Bertz CT molecular complexity index is 836. The molecular formula is C19H15BrFNO. The van der Waals surface area contributed by atoms with Crippen molar-refractivity contribution < 1.29 is 9.13 Å². The van der Waals surface area contributed by atoms with Crippen molar-refractivity contribution in [3.05, 3.63) is 70.0 Å². The highest BCUT2D eigenvalue weighted by atomic mass is 79.9. The first-order chi connectivity index (χ1) is 11.2. The molecule has 0 fully saturated rings. The minimum absolute atomic E-state index is 0.342. The SMILES string of the molecule is CCC(C#N)=C1c2ccc(CBr)cc2COc2cc(F)ccc21. The monoisotopic (exact) mass is 371 g/mol. The molecule has 0 N–H and O–H groups in total. The highest BCUT2D eigenvalue weighted by Gasteiger charge is 2.22. The van der Waals surface area contributed by atoms with Gasteiger partial charge in [0, 0.05) is 28.1 Å². The van der Waals surface area contributed by atoms with Crippen molar-refractivity contribution in [3.63, 3.8) is 0 Å². The van der Waals surface area contributed by atoms with Gasteiger partial charge in [-0.3, -0.25) is 0 Å². The number of ether oxygens (including phenoxy) is 1. The Labute approximate surface area is 143 Å². The van der Waals surface area contributed by atoms with Gasteiger partial charge in [0.05, 0.1) is 6.07 Å². The van der Waals surface area contributed by atoms with Crippen molar-refractivity contribution in [3.8, 4) is 11.8 Å². The Hall–Kier alpha value is -2.12. The molecule has 4 heteroatoms. The summed E-state index contributed by atoms with van der Waals surface area (Å²) >= 11 is 3.46. The molecule has 0 aliphatic carbocycles. The van der Waals surface area contributed by atoms with Gasteiger partial charge in [0.2, 0.25) is 0 Å². The summed E-state index contributed by atoms with van der Waals surface area (Å²) in [7, 11) is 0. The zero-order chi connectivity index (χ0) is 16.4. The first-order valence-corrected chi connectivity index (χ1v) is 8.54. The first-order valence-electron chi connectivity index (χ1n) is 7.42. The molecule has 1 aliphatic heterocycles. The van der Waals surface area contributed by atoms with Crippen molar-refractivity contribution in [1.82, 2.24) is 0 Å². The molecule has 0 radical (unpaired) electrons. The molecule has 0 aromatic heterocycles. The molecule has 0 bridgehead atoms. The Kier molecular flexibility index (Phi) is 4.49. The van der Waals surface area contributed by atoms with Crippen LogP contribution in [0.3, 0.4) is 0 Å². The van der Waals surface area contributed by atoms with Crippen molar-refractivity contribution in [2.45, 2.75) is 25.3 Å². The number of allylic oxidation sites excluding steroid dienone is 1. The molecule has 2 aromatic rings. The Morgan fingerprint density at radius 2 is 2.04 bits per heavy atom. The maximum Gasteiger partial charge on any atom is 0.130 e. The van der Waals surface area contributed by atoms with Crippen LogP contribution in [0.1, 0.15) is 35.6 Å². The van der Waals surface area contributed by atoms with Crippen LogP contribution in [-0.4, -0.2) is 0 Å². The van der Waals surface area contributed by atoms with Gasteiger partial charge in [-0.05, 0) is 35.2 Å². The summed E-state index contributed by atoms with van der Waals surface area (Å²) in [5.74, 6) is 0.142. The number of alkyl halides is 1. The predicted molar refractivity (Wildman–Crippen MR) is 91.7 cm³/mol. The number of halogens is 2. The standard InChI is InChI=1S/C19H15BrFNO/c1-2-13(10-22)19-16-5-3-12(9-20)7-14(16)11-23-18-8-15(21)4-6-17(18)19/h3-8H,2,9,11H2,1H3. The van der Waals surface area contributed by atoms with Crippen LogP contribution in [-0.2, 0) is 11.9 Å². The Balaban J connectivity index is 2.32. The van der Waals surface area contributed by atoms with Gasteiger partial charge < -0.3 is 4.74 Å². The molecule has 0 amide bonds. The third kappa shape index (κ3) is 2.89. The molecular weight excluding hydrogens is 357 g/mol. The second-order valence-electron chi connectivity index (χ2n) is 5.37. The average molecular weight is 372 g/mol. The van der Waals surface area contributed by atoms with E-state index in [1.807, 2.05) is 19.1 Å². The van der Waals surface area contributed by atoms with Gasteiger partial charge >= 0.3 is 0 Å². The number of rotatable bonds is 2. The lowest BCUT2D eigenvalue weighted by molar-refractivity contribution is 0.305. The molecule has 2 aromatic carbocycles. The van der Waals surface area contributed by atoms with Gasteiger partial charge in [-0.25, -0.2) is 4.39 Å². The van der Waals surface area contributed by atoms with E-state index in [0.717, 1.165) is 33.2 Å². The molecule has 0 atom stereocenters. The molecule has 23 heavy (non-hydrogen) atoms. The van der Waals surface area contributed by atoms with Crippen LogP contribution >= 0.6 is 15.9 Å². The smallest absolute Gasteiger partial charge is 0.130 e. The summed E-state index contributed by atoms with van der Waals surface area (Å²) in [5, 5.41) is 10.3. The number of hydrogen-bond acceptors (Lipinski definition) is 2. The fourth-order valence-corrected chi connectivity index (χ4v) is 3.20. The fraction of sp³-hybridized carbons (Fsp3) is 0.211. The summed E-state index contributed by atoms with van der Waals surface area (Å²) in [6.07, 6.45) is 0.613. The van der Waals surface area contributed by atoms with Crippen LogP contribution < -0.4 is 4.74 Å². The summed E-state index contributed by atoms with van der Waals surface area (Å²) in [6, 6.07) is 12.9. The van der Waals surface area contributed by atoms with Crippen LogP contribution in [0.4, 0.5) is 4.39 Å². The summed E-state index contributed by atoms with van der Waals surface area (Å²) in [4.78, 5) is 0. The number of fused-ring (bicyclic) bond motifs is 2. The maximum absolute atomic E-state index is 13.6. The largest absolute Gasteiger partial charge is 0.488 e. The van der Waals surface area contributed by atoms with E-state index in [0.29, 0.717) is 24.4 Å². The highest BCUT2D eigenvalue weighted by molar-refractivity contribution is 9.08. The van der Waals surface area contributed by atoms with E-state index in [9.17, 15) is 9.65 Å². The van der Waals surface area contributed by atoms with E-state index in [2.05, 4.69) is 28.1 Å². The summed E-state index contributed by atoms with van der Waals surface area (Å²) < 4.78 is 19.4. The molecule has 1 aliphatic rings. The molecule has 0 saturated carbocycles. The minimum Gasteiger partial charge on any atom is -0.488 e. The van der Waals surface area contributed by atoms with Crippen molar-refractivity contribution in [2.75, 3.05) is 0 Å². The number of benzene rings is 2. The Morgan fingerprint density at radius 1 is 1.26 bits per heavy atom. The van der Waals surface area contributed by atoms with Gasteiger partial charge in [-0.15, -0.1) is 0 Å². The molecule has 3 rings (SSSR count). The molecule has 0 spiro atoms. The summed E-state index contributed by atoms with van der Waals surface area (Å²) in [6.45, 7) is 2.31. The fourth-order valence-electron chi connectivity index (χ4n) is 2.85. The van der Waals surface area contributed by atoms with E-state index in [1.165, 1.54) is 12.1 Å². The minimum atomic E-state index is -0.342. The lowest BCUT2D eigenvalue weighted by atomic mass is 9.89. The quantitative estimate of drug-likeness (QED) is 0.526. The van der Waals surface area contributed by atoms with Crippen LogP contribution in [0.5, 0.6) is 5.75 Å².